The van der Waals surface area contributed by atoms with Gasteiger partial charge in [-0.1, -0.05) is 75.2 Å². The Labute approximate surface area is 201 Å². The van der Waals surface area contributed by atoms with Gasteiger partial charge in [-0.15, -0.1) is 0 Å². The van der Waals surface area contributed by atoms with E-state index < -0.39 is 11.6 Å². The van der Waals surface area contributed by atoms with Crippen LogP contribution in [0.2, 0.25) is 0 Å². The molecule has 1 heterocycles. The molecule has 0 spiro atoms. The van der Waals surface area contributed by atoms with Crippen molar-refractivity contribution < 1.29 is 17.9 Å². The molecule has 0 radical (unpaired) electrons. The van der Waals surface area contributed by atoms with Crippen LogP contribution in [0, 0.1) is 23.4 Å². The van der Waals surface area contributed by atoms with Crippen molar-refractivity contribution in [3.05, 3.63) is 83.2 Å². The monoisotopic (exact) mass is 466 g/mol. The molecule has 0 aromatic heterocycles. The lowest BCUT2D eigenvalue weighted by atomic mass is 9.91. The smallest absolute Gasteiger partial charge is 0.166 e. The van der Waals surface area contributed by atoms with Crippen LogP contribution >= 0.6 is 0 Å². The molecule has 2 unspecified atom stereocenters. The second-order valence-corrected chi connectivity index (χ2v) is 9.37. The highest BCUT2D eigenvalue weighted by Crippen LogP contribution is 2.35. The summed E-state index contributed by atoms with van der Waals surface area (Å²) in [6.07, 6.45) is 6.58. The highest BCUT2D eigenvalue weighted by Gasteiger charge is 2.23. The fourth-order valence-electron chi connectivity index (χ4n) is 4.87. The van der Waals surface area contributed by atoms with E-state index in [9.17, 15) is 8.78 Å². The molecule has 1 aliphatic heterocycles. The predicted octanol–water partition coefficient (Wildman–Crippen LogP) is 9.05. The van der Waals surface area contributed by atoms with Crippen molar-refractivity contribution in [2.24, 2.45) is 5.92 Å². The van der Waals surface area contributed by atoms with Gasteiger partial charge in [-0.25, -0.2) is 13.2 Å². The zero-order valence-corrected chi connectivity index (χ0v) is 20.0. The van der Waals surface area contributed by atoms with Crippen molar-refractivity contribution in [1.82, 2.24) is 0 Å². The highest BCUT2D eigenvalue weighted by molar-refractivity contribution is 5.71. The third-order valence-electron chi connectivity index (χ3n) is 6.90. The van der Waals surface area contributed by atoms with Crippen molar-refractivity contribution in [1.29, 1.82) is 0 Å². The van der Waals surface area contributed by atoms with Crippen molar-refractivity contribution in [2.45, 2.75) is 64.9 Å². The molecule has 1 nitrogen and oxygen atoms in total. The first-order valence-corrected chi connectivity index (χ1v) is 12.5. The molecule has 3 aromatic carbocycles. The van der Waals surface area contributed by atoms with Crippen LogP contribution in [0.3, 0.4) is 0 Å². The molecule has 34 heavy (non-hydrogen) atoms. The lowest BCUT2D eigenvalue weighted by Gasteiger charge is -2.29. The number of hydrogen-bond donors (Lipinski definition) is 0. The Kier molecular flexibility index (Phi) is 8.10. The van der Waals surface area contributed by atoms with Gasteiger partial charge in [-0.3, -0.25) is 0 Å². The number of benzene rings is 3. The lowest BCUT2D eigenvalue weighted by molar-refractivity contribution is -0.0195. The molecule has 0 saturated carbocycles. The number of ether oxygens (including phenoxy) is 1. The van der Waals surface area contributed by atoms with Crippen LogP contribution in [0.4, 0.5) is 13.2 Å². The summed E-state index contributed by atoms with van der Waals surface area (Å²) in [5.41, 5.74) is 3.24. The Bertz CT molecular complexity index is 1100. The molecule has 1 saturated heterocycles. The molecule has 0 N–H and O–H groups in total. The minimum atomic E-state index is -0.828. The summed E-state index contributed by atoms with van der Waals surface area (Å²) < 4.78 is 50.2. The summed E-state index contributed by atoms with van der Waals surface area (Å²) in [6, 6.07) is 15.5. The topological polar surface area (TPSA) is 9.23 Å². The van der Waals surface area contributed by atoms with Crippen LogP contribution in [-0.2, 0) is 11.2 Å². The van der Waals surface area contributed by atoms with Crippen molar-refractivity contribution >= 4 is 0 Å². The highest BCUT2D eigenvalue weighted by atomic mass is 19.2. The number of halogens is 3. The number of unbranched alkanes of at least 4 members (excludes halogenated alkanes) is 1. The summed E-state index contributed by atoms with van der Waals surface area (Å²) in [7, 11) is 0. The Morgan fingerprint density at radius 1 is 0.794 bits per heavy atom. The molecule has 4 heteroatoms. The summed E-state index contributed by atoms with van der Waals surface area (Å²) in [5, 5.41) is 0. The quantitative estimate of drug-likeness (QED) is 0.322. The van der Waals surface area contributed by atoms with Crippen LogP contribution in [0.5, 0.6) is 0 Å². The molecule has 0 aliphatic carbocycles. The molecule has 1 aliphatic rings. The van der Waals surface area contributed by atoms with Crippen LogP contribution in [-0.4, -0.2) is 6.61 Å². The van der Waals surface area contributed by atoms with E-state index >= 15 is 4.39 Å². The maximum Gasteiger partial charge on any atom is 0.166 e. The molecular formula is C30H33F3O. The second kappa shape index (κ2) is 11.2. The Hall–Kier alpha value is -2.59. The Balaban J connectivity index is 1.50. The SMILES string of the molecule is CCCCc1ccc(-c2ccc(-c3ccc(C4CCC(CCC)CO4)cc3F)cc2)c(F)c1F. The van der Waals surface area contributed by atoms with Crippen molar-refractivity contribution in [3.63, 3.8) is 0 Å². The van der Waals surface area contributed by atoms with Gasteiger partial charge in [0.1, 0.15) is 5.82 Å². The van der Waals surface area contributed by atoms with E-state index in [2.05, 4.69) is 6.92 Å². The van der Waals surface area contributed by atoms with Crippen LogP contribution in [0.25, 0.3) is 22.3 Å². The Morgan fingerprint density at radius 3 is 2.12 bits per heavy atom. The molecule has 180 valence electrons. The molecule has 0 bridgehead atoms. The minimum Gasteiger partial charge on any atom is -0.373 e. The van der Waals surface area contributed by atoms with Gasteiger partial charge in [0.2, 0.25) is 0 Å². The van der Waals surface area contributed by atoms with Crippen LogP contribution in [0.1, 0.15) is 69.6 Å². The van der Waals surface area contributed by atoms with Gasteiger partial charge in [0.15, 0.2) is 11.6 Å². The fraction of sp³-hybridized carbons (Fsp3) is 0.400. The van der Waals surface area contributed by atoms with Crippen LogP contribution < -0.4 is 0 Å². The summed E-state index contributed by atoms with van der Waals surface area (Å²) >= 11 is 0. The molecule has 2 atom stereocenters. The fourth-order valence-corrected chi connectivity index (χ4v) is 4.87. The predicted molar refractivity (Wildman–Crippen MR) is 132 cm³/mol. The number of hydrogen-bond acceptors (Lipinski definition) is 1. The van der Waals surface area contributed by atoms with E-state index in [1.165, 1.54) is 6.42 Å². The largest absolute Gasteiger partial charge is 0.373 e. The van der Waals surface area contributed by atoms with Gasteiger partial charge >= 0.3 is 0 Å². The summed E-state index contributed by atoms with van der Waals surface area (Å²) in [5.74, 6) is -1.30. The third-order valence-corrected chi connectivity index (χ3v) is 6.90. The van der Waals surface area contributed by atoms with Gasteiger partial charge < -0.3 is 4.74 Å². The normalized spacial score (nSPS) is 18.3. The van der Waals surface area contributed by atoms with Gasteiger partial charge in [0, 0.05) is 11.1 Å². The minimum absolute atomic E-state index is 0.0581. The van der Waals surface area contributed by atoms with Gasteiger partial charge in [0.25, 0.3) is 0 Å². The standard InChI is InChI=1S/C30H33F3O/c1-3-5-7-23-13-16-26(30(33)29(23)32)22-11-9-21(10-12-22)25-15-14-24(18-27(25)31)28-17-8-20(6-4-2)19-34-28/h9-16,18,20,28H,3-8,17,19H2,1-2H3. The molecular weight excluding hydrogens is 433 g/mol. The maximum atomic E-state index is 15.0. The van der Waals surface area contributed by atoms with E-state index in [0.29, 0.717) is 34.6 Å². The zero-order valence-electron chi connectivity index (χ0n) is 20.0. The zero-order chi connectivity index (χ0) is 24.1. The van der Waals surface area contributed by atoms with Crippen LogP contribution in [0.15, 0.2) is 54.6 Å². The molecule has 3 aromatic rings. The molecule has 0 amide bonds. The maximum absolute atomic E-state index is 15.0. The Morgan fingerprint density at radius 2 is 1.50 bits per heavy atom. The molecule has 4 rings (SSSR count). The first-order chi connectivity index (χ1) is 16.5. The first-order valence-electron chi connectivity index (χ1n) is 12.5. The van der Waals surface area contributed by atoms with Gasteiger partial charge in [-0.05, 0) is 66.3 Å². The summed E-state index contributed by atoms with van der Waals surface area (Å²) in [4.78, 5) is 0. The number of rotatable bonds is 8. The van der Waals surface area contributed by atoms with E-state index in [-0.39, 0.29) is 17.5 Å². The first kappa shape index (κ1) is 24.5. The van der Waals surface area contributed by atoms with Gasteiger partial charge in [-0.2, -0.15) is 0 Å². The van der Waals surface area contributed by atoms with E-state index in [4.69, 9.17) is 4.74 Å². The molecule has 1 fully saturated rings. The van der Waals surface area contributed by atoms with Crippen molar-refractivity contribution in [2.75, 3.05) is 6.61 Å². The summed E-state index contributed by atoms with van der Waals surface area (Å²) in [6.45, 7) is 4.94. The lowest BCUT2D eigenvalue weighted by Crippen LogP contribution is -2.20. The van der Waals surface area contributed by atoms with E-state index in [0.717, 1.165) is 44.3 Å². The average molecular weight is 467 g/mol. The van der Waals surface area contributed by atoms with Gasteiger partial charge in [0.05, 0.1) is 12.7 Å². The number of aryl methyl sites for hydroxylation is 1. The van der Waals surface area contributed by atoms with Crippen molar-refractivity contribution in [3.8, 4) is 22.3 Å². The second-order valence-electron chi connectivity index (χ2n) is 9.37. The van der Waals surface area contributed by atoms with E-state index in [1.807, 2.05) is 13.0 Å². The van der Waals surface area contributed by atoms with E-state index in [1.54, 1.807) is 48.5 Å². The average Bonchev–Trinajstić information content (AvgIpc) is 2.86. The third kappa shape index (κ3) is 5.38.